The molecule has 0 unspecified atom stereocenters. The standard InChI is InChI=1S/C21H26N8O2/c1-13(2)28-19(30)9-6-16(25-28)21(31)22-10-14-11-27(12-14)18-8-7-17-23-24-20(29(17)26-18)15-4-3-5-15/h6-9,13-15H,3-5,10-12H2,1-2H3,(H,22,31). The van der Waals surface area contributed by atoms with Crippen molar-refractivity contribution in [2.24, 2.45) is 5.92 Å². The van der Waals surface area contributed by atoms with Crippen LogP contribution in [0, 0.1) is 5.92 Å². The molecule has 0 aromatic carbocycles. The third kappa shape index (κ3) is 3.66. The number of hydrogen-bond donors (Lipinski definition) is 1. The molecule has 1 aliphatic heterocycles. The maximum absolute atomic E-state index is 12.4. The van der Waals surface area contributed by atoms with Crippen LogP contribution in [0.4, 0.5) is 5.82 Å². The number of carbonyl (C=O) groups is 1. The van der Waals surface area contributed by atoms with E-state index in [0.29, 0.717) is 18.4 Å². The lowest BCUT2D eigenvalue weighted by molar-refractivity contribution is 0.0936. The van der Waals surface area contributed by atoms with Crippen molar-refractivity contribution in [3.05, 3.63) is 46.1 Å². The largest absolute Gasteiger partial charge is 0.354 e. The van der Waals surface area contributed by atoms with Crippen LogP contribution < -0.4 is 15.8 Å². The third-order valence-electron chi connectivity index (χ3n) is 6.12. The normalized spacial score (nSPS) is 17.1. The zero-order chi connectivity index (χ0) is 21.5. The average molecular weight is 422 g/mol. The number of aromatic nitrogens is 6. The minimum absolute atomic E-state index is 0.0965. The van der Waals surface area contributed by atoms with E-state index in [1.807, 2.05) is 30.5 Å². The highest BCUT2D eigenvalue weighted by molar-refractivity contribution is 5.92. The number of nitrogens with zero attached hydrogens (tertiary/aromatic N) is 7. The minimum atomic E-state index is -0.262. The number of hydrogen-bond acceptors (Lipinski definition) is 7. The summed E-state index contributed by atoms with van der Waals surface area (Å²) in [6.45, 7) is 5.91. The SMILES string of the molecule is CC(C)n1nc(C(=O)NCC2CN(c3ccc4nnc(C5CCC5)n4n3)C2)ccc1=O. The third-order valence-corrected chi connectivity index (χ3v) is 6.12. The first-order chi connectivity index (χ1) is 15.0. The molecule has 5 rings (SSSR count). The summed E-state index contributed by atoms with van der Waals surface area (Å²) < 4.78 is 3.20. The summed E-state index contributed by atoms with van der Waals surface area (Å²) in [5, 5.41) is 20.4. The molecular formula is C21H26N8O2. The van der Waals surface area contributed by atoms with Gasteiger partial charge in [0.2, 0.25) is 0 Å². The first-order valence-electron chi connectivity index (χ1n) is 10.8. The molecule has 10 nitrogen and oxygen atoms in total. The van der Waals surface area contributed by atoms with Crippen LogP contribution in [0.3, 0.4) is 0 Å². The Morgan fingerprint density at radius 3 is 2.65 bits per heavy atom. The second-order valence-corrected chi connectivity index (χ2v) is 8.72. The molecule has 0 spiro atoms. The summed E-state index contributed by atoms with van der Waals surface area (Å²) in [5.41, 5.74) is 0.831. The Morgan fingerprint density at radius 1 is 1.13 bits per heavy atom. The van der Waals surface area contributed by atoms with Crippen LogP contribution in [0.1, 0.15) is 61.4 Å². The van der Waals surface area contributed by atoms with Crippen molar-refractivity contribution in [3.63, 3.8) is 0 Å². The van der Waals surface area contributed by atoms with Crippen LogP contribution in [0.15, 0.2) is 29.1 Å². The lowest BCUT2D eigenvalue weighted by Crippen LogP contribution is -2.52. The molecule has 0 radical (unpaired) electrons. The van der Waals surface area contributed by atoms with Crippen molar-refractivity contribution in [2.75, 3.05) is 24.5 Å². The molecular weight excluding hydrogens is 396 g/mol. The van der Waals surface area contributed by atoms with E-state index in [1.165, 1.54) is 23.2 Å². The van der Waals surface area contributed by atoms with E-state index in [-0.39, 0.29) is 23.2 Å². The van der Waals surface area contributed by atoms with E-state index in [2.05, 4.69) is 25.5 Å². The smallest absolute Gasteiger partial charge is 0.271 e. The molecule has 1 aliphatic carbocycles. The van der Waals surface area contributed by atoms with Gasteiger partial charge in [0, 0.05) is 37.5 Å². The van der Waals surface area contributed by atoms with Gasteiger partial charge in [0.1, 0.15) is 11.5 Å². The minimum Gasteiger partial charge on any atom is -0.354 e. The van der Waals surface area contributed by atoms with Crippen LogP contribution in [0.5, 0.6) is 0 Å². The number of amides is 1. The van der Waals surface area contributed by atoms with Crippen molar-refractivity contribution in [3.8, 4) is 0 Å². The van der Waals surface area contributed by atoms with Gasteiger partial charge in [0.25, 0.3) is 11.5 Å². The molecule has 3 aromatic rings. The van der Waals surface area contributed by atoms with Gasteiger partial charge in [-0.2, -0.15) is 9.61 Å². The molecule has 0 bridgehead atoms. The molecule has 2 fully saturated rings. The molecule has 1 saturated heterocycles. The molecule has 10 heteroatoms. The van der Waals surface area contributed by atoms with Gasteiger partial charge in [0.15, 0.2) is 11.5 Å². The zero-order valence-electron chi connectivity index (χ0n) is 17.7. The van der Waals surface area contributed by atoms with E-state index in [4.69, 9.17) is 5.10 Å². The van der Waals surface area contributed by atoms with Crippen molar-refractivity contribution in [1.82, 2.24) is 34.9 Å². The fourth-order valence-corrected chi connectivity index (χ4v) is 4.02. The van der Waals surface area contributed by atoms with Gasteiger partial charge in [-0.3, -0.25) is 9.59 Å². The summed E-state index contributed by atoms with van der Waals surface area (Å²) in [7, 11) is 0. The molecule has 31 heavy (non-hydrogen) atoms. The maximum atomic E-state index is 12.4. The Kier molecular flexibility index (Phi) is 4.91. The summed E-state index contributed by atoms with van der Waals surface area (Å²) in [6, 6.07) is 6.70. The molecule has 2 aliphatic rings. The maximum Gasteiger partial charge on any atom is 0.271 e. The first-order valence-corrected chi connectivity index (χ1v) is 10.8. The highest BCUT2D eigenvalue weighted by Gasteiger charge is 2.30. The number of fused-ring (bicyclic) bond motifs is 1. The topological polar surface area (TPSA) is 110 Å². The number of nitrogens with one attached hydrogen (secondary N) is 1. The predicted molar refractivity (Wildman–Crippen MR) is 114 cm³/mol. The van der Waals surface area contributed by atoms with Crippen LogP contribution in [-0.2, 0) is 0 Å². The summed E-state index contributed by atoms with van der Waals surface area (Å²) in [4.78, 5) is 26.5. The van der Waals surface area contributed by atoms with Crippen molar-refractivity contribution in [1.29, 1.82) is 0 Å². The van der Waals surface area contributed by atoms with E-state index in [1.54, 1.807) is 0 Å². The van der Waals surface area contributed by atoms with Gasteiger partial charge >= 0.3 is 0 Å². The van der Waals surface area contributed by atoms with Crippen LogP contribution >= 0.6 is 0 Å². The molecule has 162 valence electrons. The highest BCUT2D eigenvalue weighted by Crippen LogP contribution is 2.35. The van der Waals surface area contributed by atoms with E-state index in [0.717, 1.165) is 43.2 Å². The lowest BCUT2D eigenvalue weighted by atomic mass is 9.85. The van der Waals surface area contributed by atoms with E-state index >= 15 is 0 Å². The molecule has 1 N–H and O–H groups in total. The van der Waals surface area contributed by atoms with Crippen molar-refractivity contribution in [2.45, 2.75) is 45.1 Å². The van der Waals surface area contributed by atoms with Gasteiger partial charge in [-0.1, -0.05) is 6.42 Å². The average Bonchev–Trinajstić information content (AvgIpc) is 3.08. The predicted octanol–water partition coefficient (Wildman–Crippen LogP) is 1.40. The zero-order valence-corrected chi connectivity index (χ0v) is 17.7. The Hall–Kier alpha value is -3.30. The van der Waals surface area contributed by atoms with Gasteiger partial charge in [-0.15, -0.1) is 15.3 Å². The molecule has 4 heterocycles. The van der Waals surface area contributed by atoms with E-state index in [9.17, 15) is 9.59 Å². The Morgan fingerprint density at radius 2 is 1.94 bits per heavy atom. The fourth-order valence-electron chi connectivity index (χ4n) is 4.02. The molecule has 3 aromatic heterocycles. The Balaban J connectivity index is 1.18. The quantitative estimate of drug-likeness (QED) is 0.639. The summed E-state index contributed by atoms with van der Waals surface area (Å²) in [5.74, 6) is 2.41. The second kappa shape index (κ2) is 7.75. The Bertz CT molecular complexity index is 1170. The second-order valence-electron chi connectivity index (χ2n) is 8.72. The monoisotopic (exact) mass is 422 g/mol. The number of rotatable bonds is 6. The molecule has 1 amide bonds. The van der Waals surface area contributed by atoms with Gasteiger partial charge < -0.3 is 10.2 Å². The van der Waals surface area contributed by atoms with Crippen LogP contribution in [0.2, 0.25) is 0 Å². The molecule has 0 atom stereocenters. The van der Waals surface area contributed by atoms with Gasteiger partial charge in [0.05, 0.1) is 6.04 Å². The van der Waals surface area contributed by atoms with Crippen LogP contribution in [-0.4, -0.2) is 55.1 Å². The highest BCUT2D eigenvalue weighted by atomic mass is 16.2. The summed E-state index contributed by atoms with van der Waals surface area (Å²) >= 11 is 0. The lowest BCUT2D eigenvalue weighted by Gasteiger charge is -2.40. The van der Waals surface area contributed by atoms with Gasteiger partial charge in [-0.25, -0.2) is 4.68 Å². The van der Waals surface area contributed by atoms with Crippen LogP contribution in [0.25, 0.3) is 5.65 Å². The summed E-state index contributed by atoms with van der Waals surface area (Å²) in [6.07, 6.45) is 3.55. The van der Waals surface area contributed by atoms with Gasteiger partial charge in [-0.05, 0) is 44.9 Å². The van der Waals surface area contributed by atoms with E-state index < -0.39 is 0 Å². The number of carbonyl (C=O) groups excluding carboxylic acids is 1. The van der Waals surface area contributed by atoms with Crippen molar-refractivity contribution >= 4 is 17.4 Å². The van der Waals surface area contributed by atoms with Crippen molar-refractivity contribution < 1.29 is 4.79 Å². The fraction of sp³-hybridized carbons (Fsp3) is 0.524. The number of anilines is 1. The first kappa shape index (κ1) is 19.7. The Labute approximate surface area is 179 Å². The molecule has 1 saturated carbocycles.